The highest BCUT2D eigenvalue weighted by Gasteiger charge is 2.33. The molecule has 3 aliphatic rings. The van der Waals surface area contributed by atoms with Crippen molar-refractivity contribution in [3.8, 4) is 11.1 Å². The summed E-state index contributed by atoms with van der Waals surface area (Å²) in [4.78, 5) is 36.8. The Bertz CT molecular complexity index is 998. The van der Waals surface area contributed by atoms with Crippen molar-refractivity contribution in [2.45, 2.75) is 50.6 Å². The molecule has 3 amide bonds. The summed E-state index contributed by atoms with van der Waals surface area (Å²) in [6.07, 6.45) is 9.27. The first-order chi connectivity index (χ1) is 16.6. The van der Waals surface area contributed by atoms with Gasteiger partial charge in [0, 0.05) is 18.7 Å². The first-order valence-corrected chi connectivity index (χ1v) is 12.3. The molecular formula is C27H34N4O3. The number of benzene rings is 2. The number of rotatable bonds is 4. The smallest absolute Gasteiger partial charge is 0.253 e. The number of fused-ring (bicyclic) bond motifs is 4. The van der Waals surface area contributed by atoms with Gasteiger partial charge in [0.1, 0.15) is 6.04 Å². The summed E-state index contributed by atoms with van der Waals surface area (Å²) < 4.78 is 0. The number of nitrogens with one attached hydrogen (secondary N) is 3. The van der Waals surface area contributed by atoms with Crippen LogP contribution in [0, 0.1) is 5.92 Å². The van der Waals surface area contributed by atoms with E-state index < -0.39 is 11.9 Å². The largest absolute Gasteiger partial charge is 0.350 e. The lowest BCUT2D eigenvalue weighted by molar-refractivity contribution is -0.127. The molecule has 1 saturated heterocycles. The van der Waals surface area contributed by atoms with E-state index in [4.69, 9.17) is 0 Å². The van der Waals surface area contributed by atoms with E-state index in [-0.39, 0.29) is 12.5 Å². The summed E-state index contributed by atoms with van der Waals surface area (Å²) in [5.74, 6) is 0.393. The molecule has 5 rings (SSSR count). The Morgan fingerprint density at radius 2 is 1.74 bits per heavy atom. The normalized spacial score (nSPS) is 23.1. The van der Waals surface area contributed by atoms with Gasteiger partial charge in [-0.2, -0.15) is 0 Å². The Labute approximate surface area is 201 Å². The zero-order valence-electron chi connectivity index (χ0n) is 19.8. The lowest BCUT2D eigenvalue weighted by Gasteiger charge is -2.36. The van der Waals surface area contributed by atoms with E-state index in [9.17, 15) is 14.4 Å². The van der Waals surface area contributed by atoms with Gasteiger partial charge < -0.3 is 20.9 Å². The molecule has 3 atom stereocenters. The van der Waals surface area contributed by atoms with Crippen LogP contribution in [0.15, 0.2) is 48.5 Å². The Hall–Kier alpha value is -3.19. The molecule has 1 saturated carbocycles. The minimum absolute atomic E-state index is 0.174. The van der Waals surface area contributed by atoms with E-state index in [0.29, 0.717) is 6.41 Å². The molecule has 0 spiro atoms. The number of hydrogen-bond acceptors (Lipinski definition) is 4. The zero-order valence-corrected chi connectivity index (χ0v) is 19.8. The van der Waals surface area contributed by atoms with Crippen LogP contribution in [0.5, 0.6) is 0 Å². The van der Waals surface area contributed by atoms with Gasteiger partial charge in [-0.05, 0) is 55.3 Å². The maximum atomic E-state index is 12.9. The molecule has 2 heterocycles. The average Bonchev–Trinajstić information content (AvgIpc) is 2.98. The van der Waals surface area contributed by atoms with Gasteiger partial charge in [0.25, 0.3) is 5.91 Å². The minimum atomic E-state index is -0.806. The van der Waals surface area contributed by atoms with Gasteiger partial charge in [0.2, 0.25) is 12.3 Å². The van der Waals surface area contributed by atoms with Gasteiger partial charge in [-0.1, -0.05) is 55.3 Å². The first kappa shape index (κ1) is 24.0. The van der Waals surface area contributed by atoms with E-state index in [1.54, 1.807) is 11.9 Å². The molecule has 180 valence electrons. The third-order valence-corrected chi connectivity index (χ3v) is 7.12. The van der Waals surface area contributed by atoms with Crippen molar-refractivity contribution in [3.63, 3.8) is 0 Å². The molecule has 0 radical (unpaired) electrons. The van der Waals surface area contributed by atoms with Gasteiger partial charge in [0.15, 0.2) is 0 Å². The van der Waals surface area contributed by atoms with Gasteiger partial charge >= 0.3 is 0 Å². The average molecular weight is 463 g/mol. The fraction of sp³-hybridized carbons (Fsp3) is 0.444. The predicted octanol–water partition coefficient (Wildman–Crippen LogP) is 3.16. The fourth-order valence-electron chi connectivity index (χ4n) is 5.39. The number of carbonyl (C=O) groups is 3. The maximum absolute atomic E-state index is 12.9. The van der Waals surface area contributed by atoms with E-state index in [1.807, 2.05) is 48.5 Å². The van der Waals surface area contributed by atoms with E-state index in [1.165, 1.54) is 45.1 Å². The third kappa shape index (κ3) is 5.30. The van der Waals surface area contributed by atoms with Crippen molar-refractivity contribution in [2.75, 3.05) is 25.0 Å². The molecule has 7 nitrogen and oxygen atoms in total. The molecule has 3 N–H and O–H groups in total. The number of carbonyl (C=O) groups excluding carboxylic acids is 3. The standard InChI is InChI=1S/C18H17N3O3.C9H17N/c1-21-15-9-5-4-7-13(15)12-6-2-3-8-14(12)17(18(21)24)20-16(23)10-19-11-22;1-2-6-9-8(4-1)5-3-7-10-9/h2-9,11,17H,10H2,1H3,(H,19,22)(H,20,23);8-10H,1-7H2/t;8-,9-/m.0/s1. The van der Waals surface area contributed by atoms with Crippen LogP contribution in [0.3, 0.4) is 0 Å². The molecule has 2 aliphatic heterocycles. The summed E-state index contributed by atoms with van der Waals surface area (Å²) in [6.45, 7) is 1.10. The topological polar surface area (TPSA) is 90.5 Å². The molecular weight excluding hydrogens is 428 g/mol. The van der Waals surface area contributed by atoms with Crippen LogP contribution in [0.4, 0.5) is 5.69 Å². The van der Waals surface area contributed by atoms with Crippen LogP contribution in [-0.2, 0) is 14.4 Å². The molecule has 2 aromatic rings. The quantitative estimate of drug-likeness (QED) is 0.609. The summed E-state index contributed by atoms with van der Waals surface area (Å²) in [7, 11) is 1.69. The predicted molar refractivity (Wildman–Crippen MR) is 133 cm³/mol. The molecule has 34 heavy (non-hydrogen) atoms. The van der Waals surface area contributed by atoms with Gasteiger partial charge in [-0.15, -0.1) is 0 Å². The monoisotopic (exact) mass is 462 g/mol. The number of para-hydroxylation sites is 1. The van der Waals surface area contributed by atoms with Crippen LogP contribution in [0.1, 0.15) is 50.1 Å². The summed E-state index contributed by atoms with van der Waals surface area (Å²) >= 11 is 0. The van der Waals surface area contributed by atoms with Gasteiger partial charge in [-0.3, -0.25) is 14.4 Å². The first-order valence-electron chi connectivity index (χ1n) is 12.3. The molecule has 1 unspecified atom stereocenters. The van der Waals surface area contributed by atoms with Crippen molar-refractivity contribution < 1.29 is 14.4 Å². The number of nitrogens with zero attached hydrogens (tertiary/aromatic N) is 1. The highest BCUT2D eigenvalue weighted by molar-refractivity contribution is 6.06. The van der Waals surface area contributed by atoms with Crippen molar-refractivity contribution in [1.29, 1.82) is 0 Å². The van der Waals surface area contributed by atoms with Crippen LogP contribution in [0.2, 0.25) is 0 Å². The van der Waals surface area contributed by atoms with E-state index in [2.05, 4.69) is 16.0 Å². The van der Waals surface area contributed by atoms with Crippen molar-refractivity contribution in [1.82, 2.24) is 16.0 Å². The molecule has 2 aromatic carbocycles. The second kappa shape index (κ2) is 11.3. The number of likely N-dealkylation sites (N-methyl/N-ethyl adjacent to an activating group) is 1. The summed E-state index contributed by atoms with van der Waals surface area (Å²) in [6, 6.07) is 15.2. The lowest BCUT2D eigenvalue weighted by atomic mass is 9.80. The highest BCUT2D eigenvalue weighted by atomic mass is 16.2. The van der Waals surface area contributed by atoms with Crippen LogP contribution < -0.4 is 20.9 Å². The Morgan fingerprint density at radius 1 is 1.03 bits per heavy atom. The SMILES string of the molecule is C1CC[C@@H]2NCCC[C@@H]2C1.CN1C(=O)C(NC(=O)CNC=O)c2ccccc2-c2ccccc21. The Balaban J connectivity index is 0.000000226. The Morgan fingerprint density at radius 3 is 2.53 bits per heavy atom. The van der Waals surface area contributed by atoms with Crippen molar-refractivity contribution in [2.24, 2.45) is 5.92 Å². The second-order valence-corrected chi connectivity index (χ2v) is 9.25. The number of piperidine rings is 1. The molecule has 1 aliphatic carbocycles. The maximum Gasteiger partial charge on any atom is 0.253 e. The van der Waals surface area contributed by atoms with Gasteiger partial charge in [-0.25, -0.2) is 0 Å². The fourth-order valence-corrected chi connectivity index (χ4v) is 5.39. The van der Waals surface area contributed by atoms with Crippen LogP contribution in [-0.4, -0.2) is 44.4 Å². The number of anilines is 1. The van der Waals surface area contributed by atoms with Crippen LogP contribution in [0.25, 0.3) is 11.1 Å². The Kier molecular flexibility index (Phi) is 7.95. The van der Waals surface area contributed by atoms with Crippen molar-refractivity contribution in [3.05, 3.63) is 54.1 Å². The lowest BCUT2D eigenvalue weighted by Crippen LogP contribution is -2.43. The molecule has 0 bridgehead atoms. The molecule has 2 fully saturated rings. The van der Waals surface area contributed by atoms with E-state index >= 15 is 0 Å². The van der Waals surface area contributed by atoms with Gasteiger partial charge in [0.05, 0.1) is 12.2 Å². The summed E-state index contributed by atoms with van der Waals surface area (Å²) in [5.41, 5.74) is 3.36. The van der Waals surface area contributed by atoms with Crippen molar-refractivity contribution >= 4 is 23.9 Å². The number of amides is 3. The molecule has 0 aromatic heterocycles. The second-order valence-electron chi connectivity index (χ2n) is 9.25. The number of hydrogen-bond donors (Lipinski definition) is 3. The zero-order chi connectivity index (χ0) is 23.9. The highest BCUT2D eigenvalue weighted by Crippen LogP contribution is 2.39. The molecule has 7 heteroatoms. The minimum Gasteiger partial charge on any atom is -0.350 e. The van der Waals surface area contributed by atoms with Crippen LogP contribution >= 0.6 is 0 Å². The van der Waals surface area contributed by atoms with E-state index in [0.717, 1.165) is 34.3 Å². The third-order valence-electron chi connectivity index (χ3n) is 7.12. The summed E-state index contributed by atoms with van der Waals surface area (Å²) in [5, 5.41) is 8.64.